The van der Waals surface area contributed by atoms with Gasteiger partial charge in [0.15, 0.2) is 0 Å². The van der Waals surface area contributed by atoms with E-state index in [0.717, 1.165) is 61.9 Å². The van der Waals surface area contributed by atoms with Gasteiger partial charge in [-0.25, -0.2) is 4.70 Å². The first-order valence-corrected chi connectivity index (χ1v) is 29.4. The van der Waals surface area contributed by atoms with Gasteiger partial charge in [0.25, 0.3) is 0 Å². The zero-order chi connectivity index (χ0) is 49.3. The van der Waals surface area contributed by atoms with Gasteiger partial charge in [0.2, 0.25) is 11.4 Å². The minimum Gasteiger partial charge on any atom is -0.493 e. The van der Waals surface area contributed by atoms with Crippen LogP contribution in [0.25, 0.3) is 16.9 Å². The van der Waals surface area contributed by atoms with Crippen molar-refractivity contribution < 1.29 is 21.2 Å². The van der Waals surface area contributed by atoms with Gasteiger partial charge >= 0.3 is 16.5 Å². The fourth-order valence-corrected chi connectivity index (χ4v) is 9.63. The third-order valence-corrected chi connectivity index (χ3v) is 14.4. The molecule has 0 atom stereocenters. The van der Waals surface area contributed by atoms with E-state index in [2.05, 4.69) is 107 Å². The van der Waals surface area contributed by atoms with Crippen LogP contribution in [0.5, 0.6) is 0 Å². The van der Waals surface area contributed by atoms with E-state index in [4.69, 9.17) is 0 Å². The van der Waals surface area contributed by atoms with Gasteiger partial charge in [0, 0.05) is 22.8 Å². The van der Waals surface area contributed by atoms with Crippen molar-refractivity contribution >= 4 is 11.4 Å². The molecular formula is C65H112N2Ni. The molecule has 1 aliphatic rings. The molecule has 3 heteroatoms. The molecule has 2 aromatic carbocycles. The zero-order valence-corrected chi connectivity index (χ0v) is 47.9. The Morgan fingerprint density at radius 2 is 0.721 bits per heavy atom. The van der Waals surface area contributed by atoms with Gasteiger partial charge in [-0.1, -0.05) is 221 Å². The van der Waals surface area contributed by atoms with E-state index in [1.165, 1.54) is 243 Å². The quantitative estimate of drug-likeness (QED) is 0.0277. The number of nitrogens with zero attached hydrogens (tertiary/aromatic N) is 2. The molecule has 392 valence electrons. The van der Waals surface area contributed by atoms with Crippen LogP contribution >= 0.6 is 0 Å². The van der Waals surface area contributed by atoms with Gasteiger partial charge in [-0.3, -0.25) is 0 Å². The van der Waals surface area contributed by atoms with Gasteiger partial charge in [-0.15, -0.1) is 0 Å². The van der Waals surface area contributed by atoms with Crippen LogP contribution in [0.1, 0.15) is 311 Å². The van der Waals surface area contributed by atoms with Crippen LogP contribution in [0.4, 0.5) is 0 Å². The average Bonchev–Trinajstić information content (AvgIpc) is 3.66. The number of rotatable bonds is 38. The van der Waals surface area contributed by atoms with Crippen molar-refractivity contribution in [2.24, 2.45) is 0 Å². The summed E-state index contributed by atoms with van der Waals surface area (Å²) in [6.07, 6.45) is 52.9. The Balaban J connectivity index is 0.00000120. The molecule has 0 aliphatic carbocycles. The summed E-state index contributed by atoms with van der Waals surface area (Å²) in [7, 11) is 0. The molecule has 0 aromatic heterocycles. The summed E-state index contributed by atoms with van der Waals surface area (Å²) >= 11 is 0. The third kappa shape index (κ3) is 28.8. The van der Waals surface area contributed by atoms with Crippen LogP contribution in [0.2, 0.25) is 0 Å². The van der Waals surface area contributed by atoms with E-state index >= 15 is 0 Å². The minimum absolute atomic E-state index is 0. The maximum Gasteiger partial charge on any atom is 2.00 e. The molecule has 3 rings (SSSR count). The molecule has 0 saturated carbocycles. The molecule has 2 nitrogen and oxygen atoms in total. The molecule has 0 radical (unpaired) electrons. The second-order valence-electron chi connectivity index (χ2n) is 20.6. The second kappa shape index (κ2) is 44.9. The number of benzene rings is 2. The monoisotopic (exact) mass is 979 g/mol. The van der Waals surface area contributed by atoms with E-state index in [0.29, 0.717) is 0 Å². The number of aryl methyl sites for hydroxylation is 4. The summed E-state index contributed by atoms with van der Waals surface area (Å²) in [5, 5.41) is 0. The Morgan fingerprint density at radius 1 is 0.397 bits per heavy atom. The molecular weight excluding hydrogens is 867 g/mol. The maximum atomic E-state index is 11.7. The minimum atomic E-state index is 0. The summed E-state index contributed by atoms with van der Waals surface area (Å²) in [4.78, 5) is 0. The summed E-state index contributed by atoms with van der Waals surface area (Å²) in [5.74, 6) is 0. The molecule has 0 saturated heterocycles. The first kappa shape index (κ1) is 66.0. The van der Waals surface area contributed by atoms with Crippen molar-refractivity contribution in [3.8, 4) is 0 Å². The summed E-state index contributed by atoms with van der Waals surface area (Å²) < 4.78 is 1.50. The molecule has 1 heterocycles. The maximum absolute atomic E-state index is 11.7. The van der Waals surface area contributed by atoms with Gasteiger partial charge in [0.05, 0.1) is 0 Å². The Bertz CT molecular complexity index is 1490. The number of allylic oxidation sites excluding steroid dienone is 2. The van der Waals surface area contributed by atoms with Crippen molar-refractivity contribution in [3.63, 3.8) is 0 Å². The first-order valence-electron chi connectivity index (χ1n) is 29.4. The number of unbranched alkanes of at least 4 members (excludes halogenated alkanes) is 28. The molecule has 0 spiro atoms. The van der Waals surface area contributed by atoms with Gasteiger partial charge < -0.3 is 19.4 Å². The van der Waals surface area contributed by atoms with Crippen LogP contribution in [-0.2, 0) is 35.8 Å². The molecule has 0 bridgehead atoms. The molecule has 2 aromatic rings. The fraction of sp³-hybridized carbons (Fsp3) is 0.723. The summed E-state index contributed by atoms with van der Waals surface area (Å²) in [6.45, 7) is 27.9. The normalized spacial score (nSPS) is 12.2. The van der Waals surface area contributed by atoms with Crippen LogP contribution in [0.15, 0.2) is 35.9 Å². The predicted octanol–water partition coefficient (Wildman–Crippen LogP) is 22.5. The Hall–Kier alpha value is -1.99. The Labute approximate surface area is 436 Å². The van der Waals surface area contributed by atoms with Crippen LogP contribution in [0, 0.1) is 34.6 Å². The van der Waals surface area contributed by atoms with Gasteiger partial charge in [-0.2, -0.15) is 12.8 Å². The molecule has 0 fully saturated rings. The molecule has 68 heavy (non-hydrogen) atoms. The third-order valence-electron chi connectivity index (χ3n) is 14.4. The Kier molecular flexibility index (Phi) is 43.6. The zero-order valence-electron chi connectivity index (χ0n) is 46.9. The Morgan fingerprint density at radius 3 is 1.07 bits per heavy atom. The molecule has 0 amide bonds. The van der Waals surface area contributed by atoms with E-state index in [1.54, 1.807) is 5.56 Å². The summed E-state index contributed by atoms with van der Waals surface area (Å²) in [6, 6.07) is 9.29. The van der Waals surface area contributed by atoms with E-state index in [1.807, 2.05) is 0 Å². The van der Waals surface area contributed by atoms with Gasteiger partial charge in [0.1, 0.15) is 0 Å². The largest absolute Gasteiger partial charge is 2.00 e. The van der Waals surface area contributed by atoms with Crippen molar-refractivity contribution in [2.45, 2.75) is 306 Å². The van der Waals surface area contributed by atoms with Crippen LogP contribution < -0.4 is 0 Å². The van der Waals surface area contributed by atoms with Crippen molar-refractivity contribution in [2.75, 3.05) is 0 Å². The van der Waals surface area contributed by atoms with E-state index < -0.39 is 0 Å². The van der Waals surface area contributed by atoms with E-state index in [9.17, 15) is 5.53 Å². The number of hydrogen-bond acceptors (Lipinski definition) is 0. The topological polar surface area (TPSA) is 25.3 Å². The van der Waals surface area contributed by atoms with Crippen LogP contribution in [-0.4, -0.2) is 4.70 Å². The average molecular weight is 980 g/mol. The molecule has 1 aliphatic heterocycles. The smallest absolute Gasteiger partial charge is 0.493 e. The van der Waals surface area contributed by atoms with Crippen LogP contribution in [0.3, 0.4) is 0 Å². The molecule has 0 N–H and O–H groups in total. The van der Waals surface area contributed by atoms with Crippen molar-refractivity contribution in [1.29, 1.82) is 0 Å². The predicted molar refractivity (Wildman–Crippen MR) is 303 cm³/mol. The number of hydrogen-bond donors (Lipinski definition) is 0. The fourth-order valence-electron chi connectivity index (χ4n) is 9.63. The van der Waals surface area contributed by atoms with Crippen molar-refractivity contribution in [1.82, 2.24) is 0 Å². The first-order chi connectivity index (χ1) is 32.7. The molecule has 0 unspecified atom stereocenters. The van der Waals surface area contributed by atoms with E-state index in [-0.39, 0.29) is 16.5 Å². The van der Waals surface area contributed by atoms with Crippen molar-refractivity contribution in [3.05, 3.63) is 99.8 Å². The SMILES string of the molecule is CCCCC1=C(c2cc(CCCC)c(CCCC)c(CCCC)c2)[N+](=[N-])C(c2cc(C)c(C)c(C)c2)=C1.[CH2-]CCCCCCCCCCCCCC.[CH2-]CCCCCCCCCCCCCC.[Ni+2]. The van der Waals surface area contributed by atoms with Gasteiger partial charge in [-0.05, 0) is 130 Å². The summed E-state index contributed by atoms with van der Waals surface area (Å²) in [5.41, 5.74) is 25.7. The standard InChI is InChI=1S/C35H50N2.2C15H31.Ni/c1-8-12-16-28-22-32(23-29(17-13-9-2)33(28)19-15-11-4)35-30(18-14-10-3)24-34(37(35)36)31-20-25(5)27(7)26(6)21-31;2*1-3-5-7-9-11-13-15-14-12-10-8-6-4-2;/h20-24H,8-19H2,1-7H3;2*1,3-15H2,2H3;/q;2*-1;+2. The second-order valence-corrected chi connectivity index (χ2v) is 20.6.